The van der Waals surface area contributed by atoms with E-state index < -0.39 is 0 Å². The first-order valence-electron chi connectivity index (χ1n) is 7.55. The first kappa shape index (κ1) is 18.0. The summed E-state index contributed by atoms with van der Waals surface area (Å²) < 4.78 is 5.50. The molecule has 0 spiro atoms. The zero-order chi connectivity index (χ0) is 14.6. The Morgan fingerprint density at radius 2 is 2.04 bits per heavy atom. The number of nitrogens with zero attached hydrogens (tertiary/aromatic N) is 1. The fraction of sp³-hybridized carbons (Fsp3) is 0.500. The number of amides is 1. The summed E-state index contributed by atoms with van der Waals surface area (Å²) in [6.07, 6.45) is 3.43. The Bertz CT molecular complexity index is 716. The van der Waals surface area contributed by atoms with Gasteiger partial charge in [0.25, 0.3) is 0 Å². The molecular weight excluding hydrogens is 337 g/mol. The van der Waals surface area contributed by atoms with Gasteiger partial charge in [-0.05, 0) is 43.2 Å². The number of oxazole rings is 1. The lowest BCUT2D eigenvalue weighted by Crippen LogP contribution is -2.42. The van der Waals surface area contributed by atoms with Crippen LogP contribution in [0, 0.1) is 24.7 Å². The van der Waals surface area contributed by atoms with Gasteiger partial charge in [-0.2, -0.15) is 0 Å². The minimum atomic E-state index is -0.0455. The van der Waals surface area contributed by atoms with Gasteiger partial charge in [-0.3, -0.25) is 4.79 Å². The van der Waals surface area contributed by atoms with Gasteiger partial charge in [-0.15, -0.1) is 24.8 Å². The van der Waals surface area contributed by atoms with Gasteiger partial charge >= 0.3 is 0 Å². The number of carbonyl (C=O) groups excluding carboxylic acids is 1. The second-order valence-corrected chi connectivity index (χ2v) is 6.34. The molecular formula is C16H21Cl2N3O2. The molecule has 7 heteroatoms. The zero-order valence-electron chi connectivity index (χ0n) is 12.8. The monoisotopic (exact) mass is 357 g/mol. The number of hydrogen-bond acceptors (Lipinski definition) is 4. The van der Waals surface area contributed by atoms with Crippen molar-refractivity contribution in [2.45, 2.75) is 32.2 Å². The Hall–Kier alpha value is -1.30. The van der Waals surface area contributed by atoms with Gasteiger partial charge in [-0.25, -0.2) is 4.98 Å². The van der Waals surface area contributed by atoms with Crippen LogP contribution in [0.1, 0.15) is 25.2 Å². The average Bonchev–Trinajstić information content (AvgIpc) is 3.10. The minimum absolute atomic E-state index is 0. The molecule has 2 aromatic rings. The number of aryl methyl sites for hydroxylation is 1. The van der Waals surface area contributed by atoms with Gasteiger partial charge in [0.15, 0.2) is 11.5 Å². The number of hydrogen-bond donors (Lipinski definition) is 2. The number of nitrogens with one attached hydrogen (secondary N) is 1. The maximum Gasteiger partial charge on any atom is 0.229 e. The highest BCUT2D eigenvalue weighted by molar-refractivity contribution is 5.95. The third-order valence-corrected chi connectivity index (χ3v) is 5.05. The molecule has 4 rings (SSSR count). The van der Waals surface area contributed by atoms with Crippen LogP contribution in [-0.4, -0.2) is 16.9 Å². The van der Waals surface area contributed by atoms with Crippen molar-refractivity contribution in [2.75, 3.05) is 5.32 Å². The van der Waals surface area contributed by atoms with Crippen molar-refractivity contribution in [2.24, 2.45) is 23.5 Å². The van der Waals surface area contributed by atoms with E-state index in [-0.39, 0.29) is 42.7 Å². The Morgan fingerprint density at radius 3 is 2.74 bits per heavy atom. The summed E-state index contributed by atoms with van der Waals surface area (Å²) in [5.41, 5.74) is 8.48. The molecule has 4 unspecified atom stereocenters. The van der Waals surface area contributed by atoms with E-state index in [2.05, 4.69) is 10.3 Å². The third-order valence-electron chi connectivity index (χ3n) is 5.05. The molecule has 2 fully saturated rings. The molecule has 0 radical (unpaired) electrons. The summed E-state index contributed by atoms with van der Waals surface area (Å²) in [5, 5.41) is 2.99. The van der Waals surface area contributed by atoms with Crippen LogP contribution in [0.5, 0.6) is 0 Å². The lowest BCUT2D eigenvalue weighted by molar-refractivity contribution is -0.121. The third kappa shape index (κ3) is 3.05. The number of carbonyl (C=O) groups is 1. The molecule has 23 heavy (non-hydrogen) atoms. The van der Waals surface area contributed by atoms with Crippen LogP contribution in [0.3, 0.4) is 0 Å². The molecule has 2 aliphatic carbocycles. The first-order valence-corrected chi connectivity index (χ1v) is 7.55. The van der Waals surface area contributed by atoms with Crippen LogP contribution in [0.15, 0.2) is 22.6 Å². The van der Waals surface area contributed by atoms with Crippen molar-refractivity contribution in [3.05, 3.63) is 24.1 Å². The van der Waals surface area contributed by atoms with Gasteiger partial charge < -0.3 is 15.5 Å². The number of benzene rings is 1. The van der Waals surface area contributed by atoms with E-state index in [0.717, 1.165) is 24.0 Å². The summed E-state index contributed by atoms with van der Waals surface area (Å²) >= 11 is 0. The SMILES string of the molecule is Cc1nc2ccc(NC(=O)C3C4CCC(C4)C3N)cc2o1.Cl.Cl. The van der Waals surface area contributed by atoms with E-state index in [1.807, 2.05) is 25.1 Å². The van der Waals surface area contributed by atoms with Gasteiger partial charge in [0.05, 0.1) is 5.92 Å². The lowest BCUT2D eigenvalue weighted by atomic mass is 9.84. The van der Waals surface area contributed by atoms with E-state index >= 15 is 0 Å². The summed E-state index contributed by atoms with van der Waals surface area (Å²) in [4.78, 5) is 16.8. The predicted octanol–water partition coefficient (Wildman–Crippen LogP) is 3.29. The molecule has 2 bridgehead atoms. The molecule has 5 nitrogen and oxygen atoms in total. The predicted molar refractivity (Wildman–Crippen MR) is 94.2 cm³/mol. The number of halogens is 2. The van der Waals surface area contributed by atoms with E-state index in [1.165, 1.54) is 6.42 Å². The molecule has 2 saturated carbocycles. The van der Waals surface area contributed by atoms with E-state index in [9.17, 15) is 4.79 Å². The Balaban J connectivity index is 0.000000960. The largest absolute Gasteiger partial charge is 0.441 e. The molecule has 4 atom stereocenters. The van der Waals surface area contributed by atoms with E-state index in [0.29, 0.717) is 23.3 Å². The molecule has 1 aromatic heterocycles. The standard InChI is InChI=1S/C16H19N3O2.2ClH/c1-8-18-12-5-4-11(7-13(12)21-8)19-16(20)14-9-2-3-10(6-9)15(14)17;;/h4-5,7,9-10,14-15H,2-3,6,17H2,1H3,(H,19,20);2*1H. The number of aromatic nitrogens is 1. The van der Waals surface area contributed by atoms with E-state index in [1.54, 1.807) is 0 Å². The highest BCUT2D eigenvalue weighted by Crippen LogP contribution is 2.47. The van der Waals surface area contributed by atoms with Crippen molar-refractivity contribution in [1.82, 2.24) is 4.98 Å². The highest BCUT2D eigenvalue weighted by Gasteiger charge is 2.49. The molecule has 126 valence electrons. The normalized spacial score (nSPS) is 28.3. The van der Waals surface area contributed by atoms with Crippen molar-refractivity contribution in [1.29, 1.82) is 0 Å². The number of rotatable bonds is 2. The maximum absolute atomic E-state index is 12.5. The summed E-state index contributed by atoms with van der Waals surface area (Å²) in [5.74, 6) is 1.62. The van der Waals surface area contributed by atoms with Crippen LogP contribution in [-0.2, 0) is 4.79 Å². The summed E-state index contributed by atoms with van der Waals surface area (Å²) in [7, 11) is 0. The Morgan fingerprint density at radius 1 is 1.30 bits per heavy atom. The van der Waals surface area contributed by atoms with Gasteiger partial charge in [-0.1, -0.05) is 0 Å². The van der Waals surface area contributed by atoms with Crippen molar-refractivity contribution in [3.8, 4) is 0 Å². The van der Waals surface area contributed by atoms with Crippen molar-refractivity contribution < 1.29 is 9.21 Å². The second-order valence-electron chi connectivity index (χ2n) is 6.34. The number of nitrogens with two attached hydrogens (primary N) is 1. The lowest BCUT2D eigenvalue weighted by Gasteiger charge is -2.26. The fourth-order valence-corrected chi connectivity index (χ4v) is 4.07. The first-order chi connectivity index (χ1) is 10.1. The fourth-order valence-electron chi connectivity index (χ4n) is 4.07. The highest BCUT2D eigenvalue weighted by atomic mass is 35.5. The summed E-state index contributed by atoms with van der Waals surface area (Å²) in [6, 6.07) is 5.56. The molecule has 1 aromatic carbocycles. The van der Waals surface area contributed by atoms with Crippen molar-refractivity contribution >= 4 is 47.5 Å². The number of anilines is 1. The second kappa shape index (κ2) is 6.67. The maximum atomic E-state index is 12.5. The molecule has 3 N–H and O–H groups in total. The van der Waals surface area contributed by atoms with Gasteiger partial charge in [0.2, 0.25) is 5.91 Å². The molecule has 1 heterocycles. The van der Waals surface area contributed by atoms with Gasteiger partial charge in [0.1, 0.15) is 5.52 Å². The smallest absolute Gasteiger partial charge is 0.229 e. The zero-order valence-corrected chi connectivity index (χ0v) is 14.5. The number of fused-ring (bicyclic) bond motifs is 3. The Labute approximate surface area is 147 Å². The topological polar surface area (TPSA) is 81.2 Å². The van der Waals surface area contributed by atoms with Crippen LogP contribution in [0.4, 0.5) is 5.69 Å². The molecule has 0 aliphatic heterocycles. The van der Waals surface area contributed by atoms with Crippen molar-refractivity contribution in [3.63, 3.8) is 0 Å². The molecule has 0 saturated heterocycles. The van der Waals surface area contributed by atoms with Gasteiger partial charge in [0, 0.05) is 24.7 Å². The minimum Gasteiger partial charge on any atom is -0.441 e. The van der Waals surface area contributed by atoms with Crippen LogP contribution >= 0.6 is 24.8 Å². The van der Waals surface area contributed by atoms with Crippen LogP contribution in [0.2, 0.25) is 0 Å². The molecule has 2 aliphatic rings. The quantitative estimate of drug-likeness (QED) is 0.863. The summed E-state index contributed by atoms with van der Waals surface area (Å²) in [6.45, 7) is 1.81. The van der Waals surface area contributed by atoms with E-state index in [4.69, 9.17) is 10.2 Å². The van der Waals surface area contributed by atoms with Crippen LogP contribution in [0.25, 0.3) is 11.1 Å². The molecule has 1 amide bonds. The average molecular weight is 358 g/mol. The van der Waals surface area contributed by atoms with Crippen LogP contribution < -0.4 is 11.1 Å². The Kier molecular flexibility index (Phi) is 5.23.